The van der Waals surface area contributed by atoms with E-state index in [9.17, 15) is 0 Å². The molecule has 0 aliphatic heterocycles. The highest BCUT2D eigenvalue weighted by molar-refractivity contribution is 6.30. The molecule has 0 unspecified atom stereocenters. The summed E-state index contributed by atoms with van der Waals surface area (Å²) in [5.41, 5.74) is 0.945. The second-order valence-corrected chi connectivity index (χ2v) is 4.60. The molecule has 0 saturated heterocycles. The van der Waals surface area contributed by atoms with Crippen LogP contribution in [0.2, 0.25) is 5.02 Å². The Labute approximate surface area is 106 Å². The van der Waals surface area contributed by atoms with Gasteiger partial charge in [-0.25, -0.2) is 4.98 Å². The summed E-state index contributed by atoms with van der Waals surface area (Å²) in [5.74, 6) is 1.43. The third kappa shape index (κ3) is 3.32. The van der Waals surface area contributed by atoms with E-state index in [0.717, 1.165) is 11.3 Å². The molecule has 0 bridgehead atoms. The quantitative estimate of drug-likeness (QED) is 0.903. The summed E-state index contributed by atoms with van der Waals surface area (Å²) in [7, 11) is 0. The van der Waals surface area contributed by atoms with Gasteiger partial charge in [0.2, 0.25) is 5.89 Å². The van der Waals surface area contributed by atoms with E-state index in [4.69, 9.17) is 16.0 Å². The minimum Gasteiger partial charge on any atom is -0.439 e. The van der Waals surface area contributed by atoms with Gasteiger partial charge in [-0.3, -0.25) is 0 Å². The van der Waals surface area contributed by atoms with Crippen LogP contribution in [0.5, 0.6) is 0 Å². The molecule has 1 aromatic carbocycles. The van der Waals surface area contributed by atoms with E-state index in [0.29, 0.717) is 23.5 Å². The van der Waals surface area contributed by atoms with Crippen molar-refractivity contribution < 1.29 is 4.42 Å². The molecule has 0 radical (unpaired) electrons. The van der Waals surface area contributed by atoms with Crippen LogP contribution in [0.25, 0.3) is 11.3 Å². The zero-order valence-corrected chi connectivity index (χ0v) is 10.7. The van der Waals surface area contributed by atoms with Crippen molar-refractivity contribution in [3.05, 3.63) is 41.4 Å². The predicted molar refractivity (Wildman–Crippen MR) is 68.9 cm³/mol. The lowest BCUT2D eigenvalue weighted by atomic mass is 10.2. The molecule has 0 spiro atoms. The third-order valence-corrected chi connectivity index (χ3v) is 2.56. The molecule has 1 aromatic heterocycles. The first-order valence-electron chi connectivity index (χ1n) is 5.59. The van der Waals surface area contributed by atoms with E-state index in [1.165, 1.54) is 0 Å². The molecule has 0 atom stereocenters. The first-order valence-corrected chi connectivity index (χ1v) is 5.97. The predicted octanol–water partition coefficient (Wildman–Crippen LogP) is 3.49. The molecule has 1 heterocycles. The van der Waals surface area contributed by atoms with Crippen LogP contribution in [0, 0.1) is 0 Å². The topological polar surface area (TPSA) is 38.1 Å². The van der Waals surface area contributed by atoms with Crippen molar-refractivity contribution in [3.63, 3.8) is 0 Å². The summed E-state index contributed by atoms with van der Waals surface area (Å²) in [4.78, 5) is 4.22. The standard InChI is InChI=1S/C13H15ClN2O/c1-9(2)15-8-13-16-7-12(17-13)10-4-3-5-11(14)6-10/h3-7,9,15H,8H2,1-2H3. The first-order chi connectivity index (χ1) is 8.15. The number of nitrogens with zero attached hydrogens (tertiary/aromatic N) is 1. The lowest BCUT2D eigenvalue weighted by Gasteiger charge is -2.04. The molecule has 4 heteroatoms. The molecule has 0 saturated carbocycles. The number of halogens is 1. The second-order valence-electron chi connectivity index (χ2n) is 4.16. The molecule has 17 heavy (non-hydrogen) atoms. The minimum absolute atomic E-state index is 0.413. The van der Waals surface area contributed by atoms with E-state index in [2.05, 4.69) is 24.1 Å². The zero-order valence-electron chi connectivity index (χ0n) is 9.90. The van der Waals surface area contributed by atoms with Gasteiger partial charge in [0.25, 0.3) is 0 Å². The fraction of sp³-hybridized carbons (Fsp3) is 0.308. The molecule has 3 nitrogen and oxygen atoms in total. The van der Waals surface area contributed by atoms with E-state index in [1.807, 2.05) is 24.3 Å². The van der Waals surface area contributed by atoms with E-state index in [-0.39, 0.29) is 0 Å². The fourth-order valence-electron chi connectivity index (χ4n) is 1.46. The normalized spacial score (nSPS) is 11.1. The molecular weight excluding hydrogens is 236 g/mol. The summed E-state index contributed by atoms with van der Waals surface area (Å²) >= 11 is 5.93. The van der Waals surface area contributed by atoms with Gasteiger partial charge in [0, 0.05) is 16.6 Å². The van der Waals surface area contributed by atoms with Crippen LogP contribution in [-0.4, -0.2) is 11.0 Å². The lowest BCUT2D eigenvalue weighted by Crippen LogP contribution is -2.21. The molecule has 0 aliphatic rings. The highest BCUT2D eigenvalue weighted by Gasteiger charge is 2.06. The Hall–Kier alpha value is -1.32. The molecule has 90 valence electrons. The number of rotatable bonds is 4. The number of hydrogen-bond donors (Lipinski definition) is 1. The van der Waals surface area contributed by atoms with Gasteiger partial charge >= 0.3 is 0 Å². The number of hydrogen-bond acceptors (Lipinski definition) is 3. The van der Waals surface area contributed by atoms with Crippen molar-refractivity contribution in [3.8, 4) is 11.3 Å². The molecule has 0 aliphatic carbocycles. The summed E-state index contributed by atoms with van der Waals surface area (Å²) in [6.07, 6.45) is 1.73. The highest BCUT2D eigenvalue weighted by Crippen LogP contribution is 2.23. The van der Waals surface area contributed by atoms with Crippen LogP contribution >= 0.6 is 11.6 Å². The second kappa shape index (κ2) is 5.34. The van der Waals surface area contributed by atoms with E-state index >= 15 is 0 Å². The Morgan fingerprint density at radius 1 is 1.41 bits per heavy atom. The van der Waals surface area contributed by atoms with Crippen LogP contribution in [0.1, 0.15) is 19.7 Å². The van der Waals surface area contributed by atoms with Gasteiger partial charge in [-0.2, -0.15) is 0 Å². The van der Waals surface area contributed by atoms with Crippen molar-refractivity contribution in [2.75, 3.05) is 0 Å². The highest BCUT2D eigenvalue weighted by atomic mass is 35.5. The van der Waals surface area contributed by atoms with Gasteiger partial charge in [0.1, 0.15) is 0 Å². The van der Waals surface area contributed by atoms with Crippen LogP contribution in [0.3, 0.4) is 0 Å². The van der Waals surface area contributed by atoms with Crippen molar-refractivity contribution in [1.82, 2.24) is 10.3 Å². The third-order valence-electron chi connectivity index (χ3n) is 2.32. The maximum Gasteiger partial charge on any atom is 0.208 e. The Bertz CT molecular complexity index is 494. The fourth-order valence-corrected chi connectivity index (χ4v) is 1.65. The molecule has 0 fully saturated rings. The number of aromatic nitrogens is 1. The Balaban J connectivity index is 2.12. The Morgan fingerprint density at radius 3 is 2.94 bits per heavy atom. The van der Waals surface area contributed by atoms with Crippen LogP contribution in [0.4, 0.5) is 0 Å². The van der Waals surface area contributed by atoms with E-state index in [1.54, 1.807) is 6.20 Å². The van der Waals surface area contributed by atoms with E-state index < -0.39 is 0 Å². The molecular formula is C13H15ClN2O. The van der Waals surface area contributed by atoms with Crippen LogP contribution in [0.15, 0.2) is 34.9 Å². The summed E-state index contributed by atoms with van der Waals surface area (Å²) in [6, 6.07) is 7.96. The van der Waals surface area contributed by atoms with Crippen LogP contribution < -0.4 is 5.32 Å². The lowest BCUT2D eigenvalue weighted by molar-refractivity contribution is 0.459. The van der Waals surface area contributed by atoms with Gasteiger partial charge in [0.05, 0.1) is 12.7 Å². The van der Waals surface area contributed by atoms with Crippen LogP contribution in [-0.2, 0) is 6.54 Å². The minimum atomic E-state index is 0.413. The molecule has 0 amide bonds. The van der Waals surface area contributed by atoms with Crippen molar-refractivity contribution in [1.29, 1.82) is 0 Å². The Kier molecular flexibility index (Phi) is 3.82. The van der Waals surface area contributed by atoms with Gasteiger partial charge in [-0.15, -0.1) is 0 Å². The summed E-state index contributed by atoms with van der Waals surface area (Å²) in [6.45, 7) is 4.81. The van der Waals surface area contributed by atoms with Gasteiger partial charge in [0.15, 0.2) is 5.76 Å². The van der Waals surface area contributed by atoms with Crippen molar-refractivity contribution >= 4 is 11.6 Å². The smallest absolute Gasteiger partial charge is 0.208 e. The summed E-state index contributed by atoms with van der Waals surface area (Å²) < 4.78 is 5.64. The monoisotopic (exact) mass is 250 g/mol. The number of nitrogens with one attached hydrogen (secondary N) is 1. The average Bonchev–Trinajstić information content (AvgIpc) is 2.75. The number of benzene rings is 1. The largest absolute Gasteiger partial charge is 0.439 e. The molecule has 2 rings (SSSR count). The SMILES string of the molecule is CC(C)NCc1ncc(-c2cccc(Cl)c2)o1. The summed E-state index contributed by atoms with van der Waals surface area (Å²) in [5, 5.41) is 3.95. The maximum absolute atomic E-state index is 5.93. The molecule has 1 N–H and O–H groups in total. The molecule has 2 aromatic rings. The van der Waals surface area contributed by atoms with Crippen molar-refractivity contribution in [2.24, 2.45) is 0 Å². The van der Waals surface area contributed by atoms with Gasteiger partial charge < -0.3 is 9.73 Å². The average molecular weight is 251 g/mol. The zero-order chi connectivity index (χ0) is 12.3. The van der Waals surface area contributed by atoms with Crippen molar-refractivity contribution in [2.45, 2.75) is 26.4 Å². The Morgan fingerprint density at radius 2 is 2.24 bits per heavy atom. The number of oxazole rings is 1. The van der Waals surface area contributed by atoms with Gasteiger partial charge in [-0.1, -0.05) is 37.6 Å². The van der Waals surface area contributed by atoms with Gasteiger partial charge in [-0.05, 0) is 12.1 Å². The maximum atomic E-state index is 5.93. The first kappa shape index (κ1) is 12.1.